The van der Waals surface area contributed by atoms with Gasteiger partial charge in [0.2, 0.25) is 5.95 Å². The second-order valence-corrected chi connectivity index (χ2v) is 5.64. The fourth-order valence-corrected chi connectivity index (χ4v) is 2.52. The molecule has 0 saturated carbocycles. The largest absolute Gasteiger partial charge is 0.357 e. The van der Waals surface area contributed by atoms with Crippen molar-refractivity contribution < 1.29 is 8.42 Å². The third kappa shape index (κ3) is 2.63. The van der Waals surface area contributed by atoms with E-state index >= 15 is 0 Å². The van der Waals surface area contributed by atoms with Gasteiger partial charge < -0.3 is 5.32 Å². The van der Waals surface area contributed by atoms with Gasteiger partial charge in [0, 0.05) is 26.5 Å². The zero-order valence-corrected chi connectivity index (χ0v) is 11.3. The molecule has 7 nitrogen and oxygen atoms in total. The molecule has 2 aromatic heterocycles. The Kier molecular flexibility index (Phi) is 3.61. The highest BCUT2D eigenvalue weighted by Crippen LogP contribution is 2.20. The second-order valence-electron chi connectivity index (χ2n) is 3.67. The molecule has 0 aliphatic carbocycles. The van der Waals surface area contributed by atoms with Crippen molar-refractivity contribution in [3.05, 3.63) is 36.9 Å². The summed E-state index contributed by atoms with van der Waals surface area (Å²) in [5.41, 5.74) is 0.521. The lowest BCUT2D eigenvalue weighted by Crippen LogP contribution is -2.26. The van der Waals surface area contributed by atoms with Crippen LogP contribution in [0, 0.1) is 0 Å². The molecule has 0 aliphatic heterocycles. The molecular formula is C11H13N5O2S. The molecule has 2 aromatic rings. The van der Waals surface area contributed by atoms with E-state index in [1.807, 2.05) is 0 Å². The van der Waals surface area contributed by atoms with E-state index in [0.717, 1.165) is 4.31 Å². The molecule has 0 fully saturated rings. The first-order chi connectivity index (χ1) is 9.05. The molecule has 100 valence electrons. The van der Waals surface area contributed by atoms with Crippen molar-refractivity contribution in [1.29, 1.82) is 0 Å². The SMILES string of the molecule is CNc1ncc(S(=O)(=O)N(C)c2ccncc2)cn1. The topological polar surface area (TPSA) is 88.1 Å². The van der Waals surface area contributed by atoms with E-state index in [0.29, 0.717) is 11.6 Å². The van der Waals surface area contributed by atoms with E-state index in [1.165, 1.54) is 31.8 Å². The summed E-state index contributed by atoms with van der Waals surface area (Å²) in [5, 5.41) is 2.73. The molecule has 2 rings (SSSR count). The predicted molar refractivity (Wildman–Crippen MR) is 71.4 cm³/mol. The van der Waals surface area contributed by atoms with E-state index in [2.05, 4.69) is 20.3 Å². The summed E-state index contributed by atoms with van der Waals surface area (Å²) < 4.78 is 25.8. The van der Waals surface area contributed by atoms with Crippen molar-refractivity contribution >= 4 is 21.7 Å². The van der Waals surface area contributed by atoms with Crippen molar-refractivity contribution in [2.24, 2.45) is 0 Å². The molecule has 19 heavy (non-hydrogen) atoms. The highest BCUT2D eigenvalue weighted by Gasteiger charge is 2.22. The molecule has 0 saturated heterocycles. The minimum absolute atomic E-state index is 0.0332. The first-order valence-corrected chi connectivity index (χ1v) is 6.88. The van der Waals surface area contributed by atoms with Gasteiger partial charge in [0.1, 0.15) is 4.90 Å². The number of nitrogens with zero attached hydrogens (tertiary/aromatic N) is 4. The van der Waals surface area contributed by atoms with Crippen LogP contribution in [0.25, 0.3) is 0 Å². The average molecular weight is 279 g/mol. The number of nitrogens with one attached hydrogen (secondary N) is 1. The van der Waals surface area contributed by atoms with Crippen LogP contribution in [0.5, 0.6) is 0 Å². The third-order valence-electron chi connectivity index (χ3n) is 2.54. The van der Waals surface area contributed by atoms with Gasteiger partial charge >= 0.3 is 0 Å². The van der Waals surface area contributed by atoms with Crippen LogP contribution in [0.1, 0.15) is 0 Å². The number of aromatic nitrogens is 3. The number of anilines is 2. The average Bonchev–Trinajstić information content (AvgIpc) is 2.47. The van der Waals surface area contributed by atoms with E-state index < -0.39 is 10.0 Å². The maximum absolute atomic E-state index is 12.3. The van der Waals surface area contributed by atoms with E-state index in [4.69, 9.17) is 0 Å². The van der Waals surface area contributed by atoms with Gasteiger partial charge in [-0.25, -0.2) is 18.4 Å². The molecule has 1 N–H and O–H groups in total. The number of pyridine rings is 1. The van der Waals surface area contributed by atoms with Gasteiger partial charge in [0.05, 0.1) is 18.1 Å². The van der Waals surface area contributed by atoms with Crippen LogP contribution in [0.15, 0.2) is 41.8 Å². The summed E-state index contributed by atoms with van der Waals surface area (Å²) in [7, 11) is -0.536. The van der Waals surface area contributed by atoms with Gasteiger partial charge in [0.25, 0.3) is 10.0 Å². The van der Waals surface area contributed by atoms with Crippen molar-refractivity contribution in [3.8, 4) is 0 Å². The van der Waals surface area contributed by atoms with E-state index in [1.54, 1.807) is 19.2 Å². The Morgan fingerprint density at radius 3 is 2.26 bits per heavy atom. The molecule has 0 atom stereocenters. The van der Waals surface area contributed by atoms with Crippen molar-refractivity contribution in [2.45, 2.75) is 4.90 Å². The molecule has 0 aromatic carbocycles. The van der Waals surface area contributed by atoms with Gasteiger partial charge in [-0.2, -0.15) is 0 Å². The van der Waals surface area contributed by atoms with Crippen LogP contribution < -0.4 is 9.62 Å². The zero-order valence-electron chi connectivity index (χ0n) is 10.5. The van der Waals surface area contributed by atoms with Gasteiger partial charge in [-0.15, -0.1) is 0 Å². The Bertz CT molecular complexity index is 643. The predicted octanol–water partition coefficient (Wildman–Crippen LogP) is 0.738. The smallest absolute Gasteiger partial charge is 0.267 e. The summed E-state index contributed by atoms with van der Waals surface area (Å²) in [6, 6.07) is 3.22. The Morgan fingerprint density at radius 2 is 1.74 bits per heavy atom. The van der Waals surface area contributed by atoms with Crippen LogP contribution in [-0.2, 0) is 10.0 Å². The third-order valence-corrected chi connectivity index (χ3v) is 4.27. The van der Waals surface area contributed by atoms with Crippen molar-refractivity contribution in [2.75, 3.05) is 23.7 Å². The fraction of sp³-hybridized carbons (Fsp3) is 0.182. The van der Waals surface area contributed by atoms with Gasteiger partial charge in [-0.1, -0.05) is 0 Å². The lowest BCUT2D eigenvalue weighted by molar-refractivity contribution is 0.593. The quantitative estimate of drug-likeness (QED) is 0.888. The lowest BCUT2D eigenvalue weighted by atomic mass is 10.4. The molecule has 0 radical (unpaired) electrons. The fourth-order valence-electron chi connectivity index (χ4n) is 1.43. The first-order valence-electron chi connectivity index (χ1n) is 5.44. The van der Waals surface area contributed by atoms with Crippen LogP contribution in [0.3, 0.4) is 0 Å². The summed E-state index contributed by atoms with van der Waals surface area (Å²) in [6.07, 6.45) is 5.60. The minimum atomic E-state index is -3.66. The number of hydrogen-bond acceptors (Lipinski definition) is 6. The van der Waals surface area contributed by atoms with Crippen molar-refractivity contribution in [3.63, 3.8) is 0 Å². The Hall–Kier alpha value is -2.22. The standard InChI is InChI=1S/C11H13N5O2S/c1-12-11-14-7-10(8-15-11)19(17,18)16(2)9-3-5-13-6-4-9/h3-8H,1-2H3,(H,12,14,15). The molecule has 2 heterocycles. The lowest BCUT2D eigenvalue weighted by Gasteiger charge is -2.18. The summed E-state index contributed by atoms with van der Waals surface area (Å²) in [4.78, 5) is 11.7. The summed E-state index contributed by atoms with van der Waals surface area (Å²) in [5.74, 6) is 0.366. The number of hydrogen-bond donors (Lipinski definition) is 1. The van der Waals surface area contributed by atoms with Gasteiger partial charge in [-0.05, 0) is 12.1 Å². The second kappa shape index (κ2) is 5.19. The monoisotopic (exact) mass is 279 g/mol. The highest BCUT2D eigenvalue weighted by atomic mass is 32.2. The van der Waals surface area contributed by atoms with Crippen LogP contribution >= 0.6 is 0 Å². The first kappa shape index (κ1) is 13.2. The van der Waals surface area contributed by atoms with Crippen LogP contribution in [0.4, 0.5) is 11.6 Å². The zero-order chi connectivity index (χ0) is 13.9. The highest BCUT2D eigenvalue weighted by molar-refractivity contribution is 7.92. The van der Waals surface area contributed by atoms with E-state index in [9.17, 15) is 8.42 Å². The van der Waals surface area contributed by atoms with Crippen LogP contribution in [-0.4, -0.2) is 37.5 Å². The molecule has 0 unspecified atom stereocenters. The van der Waals surface area contributed by atoms with Crippen LogP contribution in [0.2, 0.25) is 0 Å². The molecule has 8 heteroatoms. The Balaban J connectivity index is 2.36. The number of sulfonamides is 1. The normalized spacial score (nSPS) is 11.1. The number of rotatable bonds is 4. The molecule has 0 bridgehead atoms. The molecular weight excluding hydrogens is 266 g/mol. The summed E-state index contributed by atoms with van der Waals surface area (Å²) in [6.45, 7) is 0. The molecule has 0 aliphatic rings. The van der Waals surface area contributed by atoms with Crippen molar-refractivity contribution in [1.82, 2.24) is 15.0 Å². The summed E-state index contributed by atoms with van der Waals surface area (Å²) >= 11 is 0. The molecule has 0 amide bonds. The Morgan fingerprint density at radius 1 is 1.16 bits per heavy atom. The Labute approximate surface area is 111 Å². The maximum Gasteiger partial charge on any atom is 0.267 e. The van der Waals surface area contributed by atoms with Gasteiger partial charge in [0.15, 0.2) is 0 Å². The van der Waals surface area contributed by atoms with Gasteiger partial charge in [-0.3, -0.25) is 9.29 Å². The maximum atomic E-state index is 12.3. The minimum Gasteiger partial charge on any atom is -0.357 e. The molecule has 0 spiro atoms. The van der Waals surface area contributed by atoms with E-state index in [-0.39, 0.29) is 4.90 Å².